The van der Waals surface area contributed by atoms with Crippen LogP contribution in [0, 0.1) is 5.92 Å². The van der Waals surface area contributed by atoms with Gasteiger partial charge in [-0.1, -0.05) is 13.8 Å². The summed E-state index contributed by atoms with van der Waals surface area (Å²) in [5, 5.41) is 2.98. The third-order valence-electron chi connectivity index (χ3n) is 1.48. The fraction of sp³-hybridized carbons (Fsp3) is 0.900. The minimum absolute atomic E-state index is 0.0739. The Balaban J connectivity index is 3.69. The second kappa shape index (κ2) is 6.30. The van der Waals surface area contributed by atoms with Gasteiger partial charge in [-0.15, -0.1) is 11.8 Å². The van der Waals surface area contributed by atoms with Gasteiger partial charge in [-0.25, -0.2) is 0 Å². The van der Waals surface area contributed by atoms with Crippen LogP contribution in [-0.4, -0.2) is 23.0 Å². The Kier molecular flexibility index (Phi) is 6.21. The summed E-state index contributed by atoms with van der Waals surface area (Å²) in [4.78, 5) is 11.4. The molecule has 1 N–H and O–H groups in total. The standard InChI is InChI=1S/C10H21NOS/c1-7(2)6-13-9(5)10(12)11-8(3)4/h7-9H,6H2,1-5H3,(H,11,12). The van der Waals surface area contributed by atoms with E-state index in [2.05, 4.69) is 19.2 Å². The first-order valence-corrected chi connectivity index (χ1v) is 5.90. The summed E-state index contributed by atoms with van der Waals surface area (Å²) in [6, 6.07) is 0.245. The summed E-state index contributed by atoms with van der Waals surface area (Å²) in [7, 11) is 0. The minimum atomic E-state index is 0.0739. The molecule has 0 rings (SSSR count). The van der Waals surface area contributed by atoms with E-state index in [4.69, 9.17) is 0 Å². The van der Waals surface area contributed by atoms with Gasteiger partial charge in [-0.05, 0) is 32.4 Å². The van der Waals surface area contributed by atoms with Crippen LogP contribution in [0.25, 0.3) is 0 Å². The van der Waals surface area contributed by atoms with Gasteiger partial charge in [0.1, 0.15) is 0 Å². The van der Waals surface area contributed by atoms with Crippen molar-refractivity contribution in [1.82, 2.24) is 5.32 Å². The number of thioether (sulfide) groups is 1. The van der Waals surface area contributed by atoms with Gasteiger partial charge in [0, 0.05) is 6.04 Å². The van der Waals surface area contributed by atoms with Gasteiger partial charge < -0.3 is 5.32 Å². The number of carbonyl (C=O) groups excluding carboxylic acids is 1. The molecule has 13 heavy (non-hydrogen) atoms. The molecule has 0 aromatic heterocycles. The Labute approximate surface area is 85.9 Å². The Morgan fingerprint density at radius 3 is 2.15 bits per heavy atom. The zero-order chi connectivity index (χ0) is 10.4. The highest BCUT2D eigenvalue weighted by Crippen LogP contribution is 2.14. The Bertz CT molecular complexity index is 157. The molecule has 1 amide bonds. The summed E-state index contributed by atoms with van der Waals surface area (Å²) < 4.78 is 0. The van der Waals surface area contributed by atoms with E-state index in [1.807, 2.05) is 20.8 Å². The minimum Gasteiger partial charge on any atom is -0.353 e. The quantitative estimate of drug-likeness (QED) is 0.743. The highest BCUT2D eigenvalue weighted by molar-refractivity contribution is 8.00. The van der Waals surface area contributed by atoms with E-state index in [-0.39, 0.29) is 17.2 Å². The monoisotopic (exact) mass is 203 g/mol. The average Bonchev–Trinajstić information content (AvgIpc) is 1.98. The zero-order valence-electron chi connectivity index (χ0n) is 9.26. The molecule has 0 aromatic rings. The predicted molar refractivity (Wildman–Crippen MR) is 60.0 cm³/mol. The third-order valence-corrected chi connectivity index (χ3v) is 3.05. The molecule has 0 heterocycles. The molecule has 1 unspecified atom stereocenters. The van der Waals surface area contributed by atoms with Gasteiger partial charge in [0.25, 0.3) is 0 Å². The van der Waals surface area contributed by atoms with Crippen molar-refractivity contribution in [2.75, 3.05) is 5.75 Å². The van der Waals surface area contributed by atoms with Crippen LogP contribution in [0.5, 0.6) is 0 Å². The lowest BCUT2D eigenvalue weighted by Gasteiger charge is -2.14. The second-order valence-electron chi connectivity index (χ2n) is 4.03. The van der Waals surface area contributed by atoms with Gasteiger partial charge in [-0.3, -0.25) is 4.79 Å². The molecule has 1 atom stereocenters. The molecule has 0 saturated carbocycles. The van der Waals surface area contributed by atoms with Crippen LogP contribution in [-0.2, 0) is 4.79 Å². The van der Waals surface area contributed by atoms with Gasteiger partial charge in [-0.2, -0.15) is 0 Å². The van der Waals surface area contributed by atoms with Crippen molar-refractivity contribution in [3.63, 3.8) is 0 Å². The van der Waals surface area contributed by atoms with Crippen LogP contribution in [0.1, 0.15) is 34.6 Å². The molecule has 0 aliphatic rings. The van der Waals surface area contributed by atoms with Crippen LogP contribution in [0.4, 0.5) is 0 Å². The Hall–Kier alpha value is -0.180. The number of nitrogens with one attached hydrogen (secondary N) is 1. The van der Waals surface area contributed by atoms with Crippen LogP contribution in [0.2, 0.25) is 0 Å². The summed E-state index contributed by atoms with van der Waals surface area (Å²) in [6.45, 7) is 10.3. The van der Waals surface area contributed by atoms with Gasteiger partial charge in [0.15, 0.2) is 0 Å². The topological polar surface area (TPSA) is 29.1 Å². The predicted octanol–water partition coefficient (Wildman–Crippen LogP) is 2.29. The first-order chi connectivity index (χ1) is 5.93. The molecule has 3 heteroatoms. The maximum atomic E-state index is 11.4. The van der Waals surface area contributed by atoms with Gasteiger partial charge in [0.2, 0.25) is 5.91 Å². The maximum absolute atomic E-state index is 11.4. The summed E-state index contributed by atoms with van der Waals surface area (Å²) in [5.74, 6) is 1.85. The molecule has 0 spiro atoms. The second-order valence-corrected chi connectivity index (χ2v) is 5.41. The van der Waals surface area contributed by atoms with Gasteiger partial charge >= 0.3 is 0 Å². The highest BCUT2D eigenvalue weighted by Gasteiger charge is 2.13. The van der Waals surface area contributed by atoms with Crippen molar-refractivity contribution >= 4 is 17.7 Å². The average molecular weight is 203 g/mol. The molecule has 78 valence electrons. The van der Waals surface area contributed by atoms with Gasteiger partial charge in [0.05, 0.1) is 5.25 Å². The summed E-state index contributed by atoms with van der Waals surface area (Å²) >= 11 is 1.72. The lowest BCUT2D eigenvalue weighted by Crippen LogP contribution is -2.36. The van der Waals surface area contributed by atoms with Crippen LogP contribution < -0.4 is 5.32 Å². The SMILES string of the molecule is CC(C)CSC(C)C(=O)NC(C)C. The fourth-order valence-electron chi connectivity index (χ4n) is 0.814. The van der Waals surface area contributed by atoms with E-state index < -0.39 is 0 Å². The van der Waals surface area contributed by atoms with Crippen molar-refractivity contribution in [3.05, 3.63) is 0 Å². The summed E-state index contributed by atoms with van der Waals surface area (Å²) in [5.41, 5.74) is 0. The van der Waals surface area contributed by atoms with Crippen LogP contribution in [0.3, 0.4) is 0 Å². The number of hydrogen-bond donors (Lipinski definition) is 1. The molecule has 2 nitrogen and oxygen atoms in total. The van der Waals surface area contributed by atoms with Crippen molar-refractivity contribution in [3.8, 4) is 0 Å². The van der Waals surface area contributed by atoms with E-state index in [1.165, 1.54) is 0 Å². The Morgan fingerprint density at radius 2 is 1.77 bits per heavy atom. The first-order valence-electron chi connectivity index (χ1n) is 4.85. The lowest BCUT2D eigenvalue weighted by atomic mass is 10.3. The van der Waals surface area contributed by atoms with Crippen molar-refractivity contribution < 1.29 is 4.79 Å². The van der Waals surface area contributed by atoms with E-state index in [0.717, 1.165) is 5.75 Å². The zero-order valence-corrected chi connectivity index (χ0v) is 10.1. The van der Waals surface area contributed by atoms with Crippen molar-refractivity contribution in [2.24, 2.45) is 5.92 Å². The normalized spacial score (nSPS) is 13.5. The number of carbonyl (C=O) groups is 1. The first kappa shape index (κ1) is 12.8. The van der Waals surface area contributed by atoms with Crippen LogP contribution >= 0.6 is 11.8 Å². The molecular weight excluding hydrogens is 182 g/mol. The number of amides is 1. The lowest BCUT2D eigenvalue weighted by molar-refractivity contribution is -0.120. The van der Waals surface area contributed by atoms with E-state index >= 15 is 0 Å². The highest BCUT2D eigenvalue weighted by atomic mass is 32.2. The van der Waals surface area contributed by atoms with Crippen LogP contribution in [0.15, 0.2) is 0 Å². The smallest absolute Gasteiger partial charge is 0.233 e. The Morgan fingerprint density at radius 1 is 1.23 bits per heavy atom. The molecule has 0 bridgehead atoms. The molecule has 0 aliphatic heterocycles. The molecule has 0 aromatic carbocycles. The van der Waals surface area contributed by atoms with E-state index in [9.17, 15) is 4.79 Å². The van der Waals surface area contributed by atoms with E-state index in [1.54, 1.807) is 11.8 Å². The third kappa shape index (κ3) is 6.94. The van der Waals surface area contributed by atoms with E-state index in [0.29, 0.717) is 5.92 Å². The number of hydrogen-bond acceptors (Lipinski definition) is 2. The van der Waals surface area contributed by atoms with Crippen molar-refractivity contribution in [1.29, 1.82) is 0 Å². The maximum Gasteiger partial charge on any atom is 0.233 e. The molecule has 0 radical (unpaired) electrons. The molecule has 0 saturated heterocycles. The largest absolute Gasteiger partial charge is 0.353 e. The molecule has 0 fully saturated rings. The summed E-state index contributed by atoms with van der Waals surface area (Å²) in [6.07, 6.45) is 0. The fourth-order valence-corrected chi connectivity index (χ4v) is 1.71. The molecule has 0 aliphatic carbocycles. The van der Waals surface area contributed by atoms with Crippen molar-refractivity contribution in [2.45, 2.75) is 45.9 Å². The molecular formula is C10H21NOS. The number of rotatable bonds is 5.